The standard InChI is InChI=1S/C28H33ClF2N6O.C2H3N/c29-22-6-1-4-20-5-2-7-24(25(20)22)37-13-8-21-23(18-37)33-27(34-26(21)36-14-10-32-11-15-36)38-17-16-35-12-3-9-28(30,31)19-35;1-2-3/h1-2,4-7,32H,3,8-19H2;1H3. The van der Waals surface area contributed by atoms with Crippen LogP contribution in [0, 0.1) is 11.3 Å². The summed E-state index contributed by atoms with van der Waals surface area (Å²) < 4.78 is 33.7. The smallest absolute Gasteiger partial charge is 0.318 e. The maximum absolute atomic E-state index is 13.8. The number of hydrogen-bond acceptors (Lipinski definition) is 8. The Morgan fingerprint density at radius 2 is 1.83 bits per heavy atom. The quantitative estimate of drug-likeness (QED) is 0.439. The predicted octanol–water partition coefficient (Wildman–Crippen LogP) is 4.90. The molecule has 0 spiro atoms. The molecular weight excluding hydrogens is 548 g/mol. The van der Waals surface area contributed by atoms with Crippen LogP contribution in [0.25, 0.3) is 10.8 Å². The largest absolute Gasteiger partial charge is 0.462 e. The number of anilines is 2. The molecule has 0 bridgehead atoms. The van der Waals surface area contributed by atoms with Crippen LogP contribution in [0.5, 0.6) is 6.01 Å². The molecule has 1 N–H and O–H groups in total. The second-order valence-corrected chi connectivity index (χ2v) is 11.0. The van der Waals surface area contributed by atoms with Crippen LogP contribution in [-0.2, 0) is 13.0 Å². The number of halogens is 3. The average Bonchev–Trinajstić information content (AvgIpc) is 2.97. The molecule has 41 heavy (non-hydrogen) atoms. The molecule has 0 saturated carbocycles. The number of aromatic nitrogens is 2. The molecule has 0 atom stereocenters. The van der Waals surface area contributed by atoms with Crippen molar-refractivity contribution in [3.05, 3.63) is 52.7 Å². The highest BCUT2D eigenvalue weighted by molar-refractivity contribution is 6.36. The van der Waals surface area contributed by atoms with Gasteiger partial charge in [0.15, 0.2) is 0 Å². The van der Waals surface area contributed by atoms with E-state index in [2.05, 4.69) is 39.4 Å². The number of nitriles is 1. The van der Waals surface area contributed by atoms with Crippen LogP contribution in [0.15, 0.2) is 36.4 Å². The number of ether oxygens (including phenoxy) is 1. The van der Waals surface area contributed by atoms with Crippen molar-refractivity contribution < 1.29 is 13.5 Å². The minimum Gasteiger partial charge on any atom is -0.462 e. The minimum absolute atomic E-state index is 0.0369. The molecule has 0 amide bonds. The molecule has 3 aromatic rings. The minimum atomic E-state index is -2.62. The number of benzene rings is 2. The number of piperidine rings is 1. The Kier molecular flexibility index (Phi) is 9.38. The first-order valence-electron chi connectivity index (χ1n) is 14.2. The Labute approximate surface area is 244 Å². The zero-order valence-electron chi connectivity index (χ0n) is 23.4. The lowest BCUT2D eigenvalue weighted by atomic mass is 10.0. The van der Waals surface area contributed by atoms with E-state index in [0.29, 0.717) is 32.1 Å². The van der Waals surface area contributed by atoms with E-state index in [1.165, 1.54) is 6.92 Å². The molecule has 218 valence electrons. The van der Waals surface area contributed by atoms with E-state index in [4.69, 9.17) is 31.6 Å². The van der Waals surface area contributed by atoms with Gasteiger partial charge in [0, 0.05) is 69.3 Å². The molecule has 2 aromatic carbocycles. The molecule has 3 aliphatic heterocycles. The molecule has 0 aliphatic carbocycles. The summed E-state index contributed by atoms with van der Waals surface area (Å²) in [7, 11) is 0. The van der Waals surface area contributed by atoms with E-state index in [1.54, 1.807) is 11.0 Å². The van der Waals surface area contributed by atoms with E-state index in [0.717, 1.165) is 77.7 Å². The average molecular weight is 584 g/mol. The number of nitrogens with zero attached hydrogens (tertiary/aromatic N) is 6. The number of nitrogens with one attached hydrogen (secondary N) is 1. The van der Waals surface area contributed by atoms with Gasteiger partial charge in [-0.2, -0.15) is 15.2 Å². The van der Waals surface area contributed by atoms with Gasteiger partial charge in [-0.1, -0.05) is 35.9 Å². The van der Waals surface area contributed by atoms with Gasteiger partial charge in [0.1, 0.15) is 12.4 Å². The van der Waals surface area contributed by atoms with Gasteiger partial charge in [-0.05, 0) is 36.9 Å². The monoisotopic (exact) mass is 583 g/mol. The first-order chi connectivity index (χ1) is 19.9. The lowest BCUT2D eigenvalue weighted by Gasteiger charge is -2.35. The third-order valence-electron chi connectivity index (χ3n) is 7.72. The summed E-state index contributed by atoms with van der Waals surface area (Å²) in [6.07, 6.45) is 1.28. The van der Waals surface area contributed by atoms with Gasteiger partial charge in [0.05, 0.1) is 29.9 Å². The highest BCUT2D eigenvalue weighted by Gasteiger charge is 2.35. The number of alkyl halides is 2. The van der Waals surface area contributed by atoms with Crippen molar-refractivity contribution in [1.29, 1.82) is 5.26 Å². The Bertz CT molecular complexity index is 1390. The van der Waals surface area contributed by atoms with E-state index >= 15 is 0 Å². The van der Waals surface area contributed by atoms with Crippen LogP contribution in [0.4, 0.5) is 20.3 Å². The van der Waals surface area contributed by atoms with Crippen LogP contribution in [0.1, 0.15) is 31.0 Å². The van der Waals surface area contributed by atoms with Crippen molar-refractivity contribution in [2.45, 2.75) is 38.7 Å². The topological polar surface area (TPSA) is 80.5 Å². The number of hydrogen-bond donors (Lipinski definition) is 1. The molecule has 3 aliphatic rings. The molecule has 0 unspecified atom stereocenters. The maximum Gasteiger partial charge on any atom is 0.318 e. The number of fused-ring (bicyclic) bond motifs is 2. The van der Waals surface area contributed by atoms with Gasteiger partial charge < -0.3 is 19.9 Å². The molecule has 8 nitrogen and oxygen atoms in total. The highest BCUT2D eigenvalue weighted by atomic mass is 35.5. The van der Waals surface area contributed by atoms with E-state index in [1.807, 2.05) is 12.1 Å². The summed E-state index contributed by atoms with van der Waals surface area (Å²) in [5, 5.41) is 13.6. The first kappa shape index (κ1) is 29.2. The van der Waals surface area contributed by atoms with Crippen LogP contribution in [0.3, 0.4) is 0 Å². The molecular formula is C30H36ClF2N7O. The van der Waals surface area contributed by atoms with Crippen molar-refractivity contribution in [1.82, 2.24) is 20.2 Å². The summed E-state index contributed by atoms with van der Waals surface area (Å²) in [4.78, 5) is 16.1. The van der Waals surface area contributed by atoms with E-state index in [9.17, 15) is 8.78 Å². The molecule has 1 aromatic heterocycles. The summed E-state index contributed by atoms with van der Waals surface area (Å²) in [5.74, 6) is -1.68. The van der Waals surface area contributed by atoms with Crippen molar-refractivity contribution in [3.8, 4) is 12.1 Å². The number of likely N-dealkylation sites (tertiary alicyclic amines) is 1. The van der Waals surface area contributed by atoms with Crippen LogP contribution in [0.2, 0.25) is 5.02 Å². The normalized spacial score (nSPS) is 18.7. The van der Waals surface area contributed by atoms with Crippen LogP contribution >= 0.6 is 11.6 Å². The number of rotatable bonds is 6. The lowest BCUT2D eigenvalue weighted by Crippen LogP contribution is -2.45. The van der Waals surface area contributed by atoms with Gasteiger partial charge in [-0.3, -0.25) is 4.90 Å². The maximum atomic E-state index is 13.8. The first-order valence-corrected chi connectivity index (χ1v) is 14.6. The lowest BCUT2D eigenvalue weighted by molar-refractivity contribution is -0.0657. The van der Waals surface area contributed by atoms with Crippen molar-refractivity contribution >= 4 is 33.9 Å². The van der Waals surface area contributed by atoms with E-state index < -0.39 is 5.92 Å². The Morgan fingerprint density at radius 1 is 1.07 bits per heavy atom. The molecule has 2 saturated heterocycles. The summed E-state index contributed by atoms with van der Waals surface area (Å²) in [5.41, 5.74) is 3.20. The summed E-state index contributed by atoms with van der Waals surface area (Å²) in [6.45, 7) is 7.59. The second-order valence-electron chi connectivity index (χ2n) is 10.6. The fourth-order valence-corrected chi connectivity index (χ4v) is 6.12. The van der Waals surface area contributed by atoms with Gasteiger partial charge in [0.2, 0.25) is 0 Å². The van der Waals surface area contributed by atoms with Crippen molar-refractivity contribution in [2.24, 2.45) is 0 Å². The fourth-order valence-electron chi connectivity index (χ4n) is 5.84. The van der Waals surface area contributed by atoms with Gasteiger partial charge in [-0.25, -0.2) is 8.78 Å². The third-order valence-corrected chi connectivity index (χ3v) is 8.04. The van der Waals surface area contributed by atoms with Gasteiger partial charge >= 0.3 is 6.01 Å². The zero-order valence-corrected chi connectivity index (χ0v) is 24.1. The van der Waals surface area contributed by atoms with Gasteiger partial charge in [0.25, 0.3) is 5.92 Å². The Balaban J connectivity index is 0.00000108. The summed E-state index contributed by atoms with van der Waals surface area (Å²) >= 11 is 6.64. The van der Waals surface area contributed by atoms with Gasteiger partial charge in [-0.15, -0.1) is 0 Å². The molecule has 2 fully saturated rings. The third kappa shape index (κ3) is 6.97. The van der Waals surface area contributed by atoms with Crippen LogP contribution < -0.4 is 19.9 Å². The second kappa shape index (κ2) is 13.1. The number of piperazine rings is 1. The molecule has 6 rings (SSSR count). The van der Waals surface area contributed by atoms with Crippen LogP contribution in [-0.4, -0.2) is 79.8 Å². The predicted molar refractivity (Wildman–Crippen MR) is 158 cm³/mol. The van der Waals surface area contributed by atoms with E-state index in [-0.39, 0.29) is 19.6 Å². The Hall–Kier alpha value is -3.26. The fraction of sp³-hybridized carbons (Fsp3) is 0.500. The summed E-state index contributed by atoms with van der Waals surface area (Å²) in [6, 6.07) is 14.3. The molecule has 0 radical (unpaired) electrons. The van der Waals surface area contributed by atoms with Crippen molar-refractivity contribution in [2.75, 3.05) is 68.8 Å². The molecule has 11 heteroatoms. The SMILES string of the molecule is CC#N.FC1(F)CCCN(CCOc2nc3c(c(N4CCNCC4)n2)CCN(c2cccc4cccc(Cl)c24)C3)C1. The molecule has 4 heterocycles. The Morgan fingerprint density at radius 3 is 2.59 bits per heavy atom. The zero-order chi connectivity index (χ0) is 28.8. The van der Waals surface area contributed by atoms with Crippen molar-refractivity contribution in [3.63, 3.8) is 0 Å². The highest BCUT2D eigenvalue weighted by Crippen LogP contribution is 2.37.